The molecule has 2 aliphatic rings. The Kier molecular flexibility index (Phi) is 3.34. The number of hydrogen-bond donors (Lipinski definition) is 0. The molecule has 106 valence electrons. The van der Waals surface area contributed by atoms with E-state index in [9.17, 15) is 4.79 Å². The maximum Gasteiger partial charge on any atom is 0.341 e. The first-order valence-corrected chi connectivity index (χ1v) is 6.92. The number of fused-ring (bicyclic) bond motifs is 3. The fourth-order valence-electron chi connectivity index (χ4n) is 2.93. The van der Waals surface area contributed by atoms with Gasteiger partial charge in [0.1, 0.15) is 11.3 Å². The maximum atomic E-state index is 11.9. The van der Waals surface area contributed by atoms with Crippen molar-refractivity contribution < 1.29 is 14.3 Å². The van der Waals surface area contributed by atoms with Gasteiger partial charge in [-0.2, -0.15) is 5.10 Å². The number of carbonyl (C=O) groups is 1. The molecule has 2 atom stereocenters. The van der Waals surface area contributed by atoms with Gasteiger partial charge < -0.3 is 9.47 Å². The summed E-state index contributed by atoms with van der Waals surface area (Å²) in [6.07, 6.45) is 9.63. The maximum absolute atomic E-state index is 11.9. The van der Waals surface area contributed by atoms with Gasteiger partial charge in [0.25, 0.3) is 0 Å². The molecule has 2 heterocycles. The van der Waals surface area contributed by atoms with Crippen LogP contribution < -0.4 is 0 Å². The van der Waals surface area contributed by atoms with Crippen molar-refractivity contribution in [2.24, 2.45) is 5.92 Å². The topological polar surface area (TPSA) is 53.3 Å². The summed E-state index contributed by atoms with van der Waals surface area (Å²) in [4.78, 5) is 11.9. The van der Waals surface area contributed by atoms with Crippen molar-refractivity contribution in [3.63, 3.8) is 0 Å². The van der Waals surface area contributed by atoms with E-state index in [0.29, 0.717) is 18.1 Å². The lowest BCUT2D eigenvalue weighted by atomic mass is 9.86. The Bertz CT molecular complexity index is 586. The van der Waals surface area contributed by atoms with Gasteiger partial charge in [-0.05, 0) is 31.9 Å². The van der Waals surface area contributed by atoms with Crippen LogP contribution in [0.25, 0.3) is 0 Å². The van der Waals surface area contributed by atoms with E-state index in [1.165, 1.54) is 0 Å². The number of methoxy groups -OCH3 is 1. The van der Waals surface area contributed by atoms with Gasteiger partial charge in [0.2, 0.25) is 0 Å². The van der Waals surface area contributed by atoms with Crippen molar-refractivity contribution >= 4 is 5.97 Å². The second-order valence-corrected chi connectivity index (χ2v) is 5.00. The first kappa shape index (κ1) is 13.0. The lowest BCUT2D eigenvalue weighted by Crippen LogP contribution is -2.28. The van der Waals surface area contributed by atoms with E-state index in [1.807, 2.05) is 17.7 Å². The number of hydrogen-bond acceptors (Lipinski definition) is 4. The minimum atomic E-state index is -0.278. The third-order valence-electron chi connectivity index (χ3n) is 3.90. The van der Waals surface area contributed by atoms with E-state index in [1.54, 1.807) is 13.3 Å². The van der Waals surface area contributed by atoms with Gasteiger partial charge in [0.05, 0.1) is 31.6 Å². The summed E-state index contributed by atoms with van der Waals surface area (Å²) in [7, 11) is 1.68. The van der Waals surface area contributed by atoms with Gasteiger partial charge in [-0.1, -0.05) is 6.08 Å². The first-order valence-electron chi connectivity index (χ1n) is 6.92. The van der Waals surface area contributed by atoms with Crippen LogP contribution in [0.3, 0.4) is 0 Å². The Hall–Kier alpha value is -2.04. The molecule has 0 fully saturated rings. The lowest BCUT2D eigenvalue weighted by molar-refractivity contribution is 0.0524. The van der Waals surface area contributed by atoms with E-state index in [-0.39, 0.29) is 12.0 Å². The van der Waals surface area contributed by atoms with Crippen LogP contribution in [0.1, 0.15) is 35.4 Å². The summed E-state index contributed by atoms with van der Waals surface area (Å²) in [6, 6.07) is 0.167. The Morgan fingerprint density at radius 1 is 1.55 bits per heavy atom. The molecular formula is C15H18N2O3. The summed E-state index contributed by atoms with van der Waals surface area (Å²) in [5, 5.41) is 4.39. The Labute approximate surface area is 117 Å². The predicted molar refractivity (Wildman–Crippen MR) is 73.3 cm³/mol. The summed E-state index contributed by atoms with van der Waals surface area (Å²) in [5.74, 6) is 0.991. The van der Waals surface area contributed by atoms with E-state index in [2.05, 4.69) is 17.3 Å². The second-order valence-electron chi connectivity index (χ2n) is 5.00. The van der Waals surface area contributed by atoms with Crippen LogP contribution in [-0.2, 0) is 15.9 Å². The van der Waals surface area contributed by atoms with E-state index in [0.717, 1.165) is 24.3 Å². The van der Waals surface area contributed by atoms with Crippen LogP contribution in [-0.4, -0.2) is 29.5 Å². The SMILES string of the molecule is CCOC(=O)c1cnn2c1CCC1C=C(OC)C=CC12. The summed E-state index contributed by atoms with van der Waals surface area (Å²) in [5.41, 5.74) is 1.57. The molecule has 0 aromatic carbocycles. The van der Waals surface area contributed by atoms with Crippen molar-refractivity contribution in [1.29, 1.82) is 0 Å². The predicted octanol–water partition coefficient (Wildman–Crippen LogP) is 2.26. The quantitative estimate of drug-likeness (QED) is 0.793. The molecule has 20 heavy (non-hydrogen) atoms. The number of aromatic nitrogens is 2. The molecule has 0 spiro atoms. The minimum absolute atomic E-state index is 0.167. The Balaban J connectivity index is 1.91. The number of rotatable bonds is 3. The standard InChI is InChI=1S/C15H18N2O3/c1-3-20-15(18)12-9-16-17-13-7-5-11(19-2)8-10(13)4-6-14(12)17/h5,7-10,13H,3-4,6H2,1-2H3. The summed E-state index contributed by atoms with van der Waals surface area (Å²) < 4.78 is 12.3. The molecule has 1 aliphatic carbocycles. The third-order valence-corrected chi connectivity index (χ3v) is 3.90. The zero-order valence-electron chi connectivity index (χ0n) is 11.7. The van der Waals surface area contributed by atoms with Gasteiger partial charge in [-0.15, -0.1) is 0 Å². The smallest absolute Gasteiger partial charge is 0.341 e. The summed E-state index contributed by atoms with van der Waals surface area (Å²) in [6.45, 7) is 2.19. The molecular weight excluding hydrogens is 256 g/mol. The lowest BCUT2D eigenvalue weighted by Gasteiger charge is -2.31. The molecule has 0 amide bonds. The molecule has 0 N–H and O–H groups in total. The second kappa shape index (κ2) is 5.15. The molecule has 5 nitrogen and oxygen atoms in total. The molecule has 0 saturated heterocycles. The fraction of sp³-hybridized carbons (Fsp3) is 0.467. The van der Waals surface area contributed by atoms with Crippen molar-refractivity contribution in [2.45, 2.75) is 25.8 Å². The highest BCUT2D eigenvalue weighted by atomic mass is 16.5. The van der Waals surface area contributed by atoms with Crippen molar-refractivity contribution in [1.82, 2.24) is 9.78 Å². The monoisotopic (exact) mass is 274 g/mol. The zero-order chi connectivity index (χ0) is 14.1. The van der Waals surface area contributed by atoms with Gasteiger partial charge in [0, 0.05) is 5.92 Å². The largest absolute Gasteiger partial charge is 0.497 e. The highest BCUT2D eigenvalue weighted by Crippen LogP contribution is 2.36. The van der Waals surface area contributed by atoms with Crippen LogP contribution >= 0.6 is 0 Å². The van der Waals surface area contributed by atoms with Crippen LogP contribution in [0.4, 0.5) is 0 Å². The number of ether oxygens (including phenoxy) is 2. The van der Waals surface area contributed by atoms with Gasteiger partial charge in [-0.3, -0.25) is 4.68 Å². The highest BCUT2D eigenvalue weighted by molar-refractivity contribution is 5.90. The van der Waals surface area contributed by atoms with Crippen LogP contribution in [0.5, 0.6) is 0 Å². The van der Waals surface area contributed by atoms with Gasteiger partial charge >= 0.3 is 5.97 Å². The molecule has 0 radical (unpaired) electrons. The summed E-state index contributed by atoms with van der Waals surface area (Å²) >= 11 is 0. The van der Waals surface area contributed by atoms with Crippen molar-refractivity contribution in [3.05, 3.63) is 41.4 Å². The van der Waals surface area contributed by atoms with E-state index in [4.69, 9.17) is 9.47 Å². The molecule has 5 heteroatoms. The van der Waals surface area contributed by atoms with Crippen molar-refractivity contribution in [2.75, 3.05) is 13.7 Å². The van der Waals surface area contributed by atoms with E-state index >= 15 is 0 Å². The third kappa shape index (κ3) is 2.03. The highest BCUT2D eigenvalue weighted by Gasteiger charge is 2.32. The average Bonchev–Trinajstić information content (AvgIpc) is 2.91. The molecule has 1 aromatic heterocycles. The Morgan fingerprint density at radius 3 is 3.15 bits per heavy atom. The number of nitrogens with zero attached hydrogens (tertiary/aromatic N) is 2. The minimum Gasteiger partial charge on any atom is -0.497 e. The molecule has 0 saturated carbocycles. The molecule has 1 aliphatic heterocycles. The normalized spacial score (nSPS) is 23.6. The number of allylic oxidation sites excluding steroid dienone is 3. The fourth-order valence-corrected chi connectivity index (χ4v) is 2.93. The molecule has 0 bridgehead atoms. The van der Waals surface area contributed by atoms with Gasteiger partial charge in [-0.25, -0.2) is 4.79 Å². The molecule has 1 aromatic rings. The Morgan fingerprint density at radius 2 is 2.40 bits per heavy atom. The zero-order valence-corrected chi connectivity index (χ0v) is 11.7. The molecule has 2 unspecified atom stereocenters. The number of carbonyl (C=O) groups excluding carboxylic acids is 1. The van der Waals surface area contributed by atoms with Crippen LogP contribution in [0.2, 0.25) is 0 Å². The van der Waals surface area contributed by atoms with Gasteiger partial charge in [0.15, 0.2) is 0 Å². The van der Waals surface area contributed by atoms with Crippen LogP contribution in [0.15, 0.2) is 30.2 Å². The first-order chi connectivity index (χ1) is 9.74. The van der Waals surface area contributed by atoms with Crippen LogP contribution in [0, 0.1) is 5.92 Å². The average molecular weight is 274 g/mol. The molecule has 3 rings (SSSR count). The van der Waals surface area contributed by atoms with Crippen molar-refractivity contribution in [3.8, 4) is 0 Å². The number of esters is 1. The van der Waals surface area contributed by atoms with E-state index < -0.39 is 0 Å².